The summed E-state index contributed by atoms with van der Waals surface area (Å²) in [5.74, 6) is 0. The van der Waals surface area contributed by atoms with Crippen molar-refractivity contribution in [2.24, 2.45) is 0 Å². The first-order valence-corrected chi connectivity index (χ1v) is 6.14. The molecular formula is C12H25N3. The molecule has 2 rings (SSSR count). The van der Waals surface area contributed by atoms with Gasteiger partial charge >= 0.3 is 0 Å². The molecule has 2 heterocycles. The lowest BCUT2D eigenvalue weighted by molar-refractivity contribution is -0.0352. The second-order valence-electron chi connectivity index (χ2n) is 6.07. The first-order valence-electron chi connectivity index (χ1n) is 6.14. The molecule has 0 aliphatic carbocycles. The van der Waals surface area contributed by atoms with E-state index in [4.69, 9.17) is 0 Å². The summed E-state index contributed by atoms with van der Waals surface area (Å²) in [5.41, 5.74) is 0.364. The fourth-order valence-corrected chi connectivity index (χ4v) is 2.42. The van der Waals surface area contributed by atoms with Gasteiger partial charge in [0.25, 0.3) is 0 Å². The van der Waals surface area contributed by atoms with Gasteiger partial charge in [-0.15, -0.1) is 0 Å². The van der Waals surface area contributed by atoms with E-state index in [0.717, 1.165) is 6.04 Å². The van der Waals surface area contributed by atoms with Crippen LogP contribution in [0.2, 0.25) is 0 Å². The minimum absolute atomic E-state index is 0.364. The summed E-state index contributed by atoms with van der Waals surface area (Å²) >= 11 is 0. The second-order valence-corrected chi connectivity index (χ2v) is 6.07. The van der Waals surface area contributed by atoms with Crippen LogP contribution in [-0.2, 0) is 0 Å². The first-order chi connectivity index (χ1) is 6.97. The maximum Gasteiger partial charge on any atom is 0.0351 e. The highest BCUT2D eigenvalue weighted by Crippen LogP contribution is 2.24. The monoisotopic (exact) mass is 211 g/mol. The van der Waals surface area contributed by atoms with Crippen LogP contribution in [0.25, 0.3) is 0 Å². The predicted molar refractivity (Wildman–Crippen MR) is 64.2 cm³/mol. The zero-order chi connectivity index (χ0) is 11.1. The van der Waals surface area contributed by atoms with Gasteiger partial charge in [0.1, 0.15) is 0 Å². The average molecular weight is 211 g/mol. The van der Waals surface area contributed by atoms with Gasteiger partial charge in [-0.3, -0.25) is 9.80 Å². The smallest absolute Gasteiger partial charge is 0.0351 e. The summed E-state index contributed by atoms with van der Waals surface area (Å²) < 4.78 is 0. The van der Waals surface area contributed by atoms with Crippen molar-refractivity contribution in [1.82, 2.24) is 14.7 Å². The molecule has 2 fully saturated rings. The molecule has 0 atom stereocenters. The Bertz CT molecular complexity index is 207. The number of nitrogens with zero attached hydrogens (tertiary/aromatic N) is 3. The fourth-order valence-electron chi connectivity index (χ4n) is 2.42. The van der Waals surface area contributed by atoms with Crippen LogP contribution in [0.1, 0.15) is 20.8 Å². The lowest BCUT2D eigenvalue weighted by atomic mass is 9.96. The normalized spacial score (nSPS) is 28.0. The molecule has 0 unspecified atom stereocenters. The molecule has 0 radical (unpaired) electrons. The van der Waals surface area contributed by atoms with Crippen molar-refractivity contribution in [3.63, 3.8) is 0 Å². The van der Waals surface area contributed by atoms with Gasteiger partial charge in [-0.2, -0.15) is 0 Å². The summed E-state index contributed by atoms with van der Waals surface area (Å²) in [6.45, 7) is 14.5. The van der Waals surface area contributed by atoms with E-state index >= 15 is 0 Å². The Balaban J connectivity index is 1.75. The molecule has 0 spiro atoms. The third-order valence-electron chi connectivity index (χ3n) is 3.87. The predicted octanol–water partition coefficient (Wildman–Crippen LogP) is 0.717. The summed E-state index contributed by atoms with van der Waals surface area (Å²) in [4.78, 5) is 7.68. The largest absolute Gasteiger partial charge is 0.304 e. The molecule has 3 nitrogen and oxygen atoms in total. The van der Waals surface area contributed by atoms with Crippen molar-refractivity contribution in [3.05, 3.63) is 0 Å². The Kier molecular flexibility index (Phi) is 3.06. The highest BCUT2D eigenvalue weighted by molar-refractivity contribution is 4.95. The molecule has 2 aliphatic heterocycles. The third-order valence-corrected chi connectivity index (χ3v) is 3.87. The van der Waals surface area contributed by atoms with Gasteiger partial charge in [0.15, 0.2) is 0 Å². The number of hydrogen-bond donors (Lipinski definition) is 0. The SMILES string of the molecule is CN1CCN(C2CN(C(C)(C)C)C2)CC1. The van der Waals surface area contributed by atoms with E-state index < -0.39 is 0 Å². The Labute approximate surface area is 94.0 Å². The molecule has 88 valence electrons. The van der Waals surface area contributed by atoms with Gasteiger partial charge in [-0.1, -0.05) is 0 Å². The maximum absolute atomic E-state index is 2.67. The van der Waals surface area contributed by atoms with Crippen LogP contribution in [0.5, 0.6) is 0 Å². The van der Waals surface area contributed by atoms with Crippen LogP contribution in [0.4, 0.5) is 0 Å². The first kappa shape index (κ1) is 11.4. The highest BCUT2D eigenvalue weighted by atomic mass is 15.4. The molecule has 0 bridgehead atoms. The standard InChI is InChI=1S/C12H25N3/c1-12(2,3)15-9-11(10-15)14-7-5-13(4)6-8-14/h11H,5-10H2,1-4H3. The molecule has 15 heavy (non-hydrogen) atoms. The van der Waals surface area contributed by atoms with E-state index in [1.165, 1.54) is 39.3 Å². The van der Waals surface area contributed by atoms with Crippen molar-refractivity contribution in [1.29, 1.82) is 0 Å². The fraction of sp³-hybridized carbons (Fsp3) is 1.00. The summed E-state index contributed by atoms with van der Waals surface area (Å²) in [6.07, 6.45) is 0. The quantitative estimate of drug-likeness (QED) is 0.633. The number of rotatable bonds is 1. The van der Waals surface area contributed by atoms with Crippen LogP contribution in [0, 0.1) is 0 Å². The van der Waals surface area contributed by atoms with Crippen molar-refractivity contribution >= 4 is 0 Å². The number of piperazine rings is 1. The van der Waals surface area contributed by atoms with E-state index in [0.29, 0.717) is 5.54 Å². The lowest BCUT2D eigenvalue weighted by Crippen LogP contribution is -2.66. The van der Waals surface area contributed by atoms with E-state index in [2.05, 4.69) is 42.5 Å². The van der Waals surface area contributed by atoms with Gasteiger partial charge in [0.2, 0.25) is 0 Å². The Hall–Kier alpha value is -0.120. The molecule has 0 aromatic heterocycles. The van der Waals surface area contributed by atoms with Gasteiger partial charge in [-0.05, 0) is 27.8 Å². The van der Waals surface area contributed by atoms with Crippen LogP contribution < -0.4 is 0 Å². The van der Waals surface area contributed by atoms with E-state index in [-0.39, 0.29) is 0 Å². The van der Waals surface area contributed by atoms with Gasteiger partial charge in [0.05, 0.1) is 0 Å². The number of likely N-dealkylation sites (N-methyl/N-ethyl adjacent to an activating group) is 1. The number of hydrogen-bond acceptors (Lipinski definition) is 3. The van der Waals surface area contributed by atoms with Crippen molar-refractivity contribution in [2.75, 3.05) is 46.3 Å². The van der Waals surface area contributed by atoms with Crippen molar-refractivity contribution in [2.45, 2.75) is 32.4 Å². The van der Waals surface area contributed by atoms with Crippen LogP contribution in [0.15, 0.2) is 0 Å². The van der Waals surface area contributed by atoms with E-state index in [9.17, 15) is 0 Å². The molecule has 0 aromatic carbocycles. The van der Waals surface area contributed by atoms with Crippen molar-refractivity contribution < 1.29 is 0 Å². The zero-order valence-electron chi connectivity index (χ0n) is 10.7. The maximum atomic E-state index is 2.67. The molecule has 2 saturated heterocycles. The van der Waals surface area contributed by atoms with Crippen molar-refractivity contribution in [3.8, 4) is 0 Å². The Morgan fingerprint density at radius 2 is 1.47 bits per heavy atom. The Morgan fingerprint density at radius 3 is 1.93 bits per heavy atom. The molecule has 2 aliphatic rings. The van der Waals surface area contributed by atoms with E-state index in [1.54, 1.807) is 0 Å². The minimum atomic E-state index is 0.364. The third kappa shape index (κ3) is 2.52. The minimum Gasteiger partial charge on any atom is -0.304 e. The molecule has 0 amide bonds. The topological polar surface area (TPSA) is 9.72 Å². The molecule has 0 aromatic rings. The molecular weight excluding hydrogens is 186 g/mol. The Morgan fingerprint density at radius 1 is 0.933 bits per heavy atom. The van der Waals surface area contributed by atoms with E-state index in [1.807, 2.05) is 0 Å². The van der Waals surface area contributed by atoms with Crippen LogP contribution >= 0.6 is 0 Å². The summed E-state index contributed by atoms with van der Waals surface area (Å²) in [5, 5.41) is 0. The van der Waals surface area contributed by atoms with Gasteiger partial charge in [0, 0.05) is 50.8 Å². The lowest BCUT2D eigenvalue weighted by Gasteiger charge is -2.52. The summed E-state index contributed by atoms with van der Waals surface area (Å²) in [7, 11) is 2.22. The van der Waals surface area contributed by atoms with Gasteiger partial charge in [-0.25, -0.2) is 0 Å². The van der Waals surface area contributed by atoms with Crippen LogP contribution in [-0.4, -0.2) is 72.6 Å². The number of likely N-dealkylation sites (tertiary alicyclic amines) is 1. The average Bonchev–Trinajstić information content (AvgIpc) is 2.03. The van der Waals surface area contributed by atoms with Gasteiger partial charge < -0.3 is 4.90 Å². The molecule has 0 N–H and O–H groups in total. The zero-order valence-corrected chi connectivity index (χ0v) is 10.7. The molecule has 3 heteroatoms. The highest BCUT2D eigenvalue weighted by Gasteiger charge is 2.37. The molecule has 0 saturated carbocycles. The van der Waals surface area contributed by atoms with Crippen LogP contribution in [0.3, 0.4) is 0 Å². The second kappa shape index (κ2) is 4.04. The summed E-state index contributed by atoms with van der Waals surface area (Å²) in [6, 6.07) is 0.831.